The van der Waals surface area contributed by atoms with Crippen LogP contribution in [-0.2, 0) is 0 Å². The van der Waals surface area contributed by atoms with Crippen molar-refractivity contribution in [3.05, 3.63) is 64.2 Å². The molecule has 3 aromatic rings. The van der Waals surface area contributed by atoms with E-state index >= 15 is 0 Å². The van der Waals surface area contributed by atoms with Gasteiger partial charge in [0, 0.05) is 0 Å². The van der Waals surface area contributed by atoms with Crippen LogP contribution in [0.4, 0.5) is 0 Å². The molecule has 0 bridgehead atoms. The van der Waals surface area contributed by atoms with E-state index in [0.717, 1.165) is 10.9 Å². The lowest BCUT2D eigenvalue weighted by Crippen LogP contribution is -1.99. The zero-order valence-corrected chi connectivity index (χ0v) is 14.2. The van der Waals surface area contributed by atoms with Crippen LogP contribution >= 0.6 is 0 Å². The average Bonchev–Trinajstić information content (AvgIpc) is 2.65. The van der Waals surface area contributed by atoms with Crippen molar-refractivity contribution in [2.24, 2.45) is 0 Å². The summed E-state index contributed by atoms with van der Waals surface area (Å²) < 4.78 is 21.3. The molecule has 3 rings (SSSR count). The zero-order valence-electron chi connectivity index (χ0n) is 14.2. The first-order valence-corrected chi connectivity index (χ1v) is 7.67. The molecule has 0 N–H and O–H groups in total. The normalized spacial score (nSPS) is 11.0. The van der Waals surface area contributed by atoms with Crippen LogP contribution < -0.4 is 19.8 Å². The van der Waals surface area contributed by atoms with E-state index in [1.54, 1.807) is 33.5 Å². The van der Waals surface area contributed by atoms with Crippen LogP contribution in [0.1, 0.15) is 11.3 Å². The lowest BCUT2D eigenvalue weighted by atomic mass is 10.1. The van der Waals surface area contributed by atoms with Gasteiger partial charge in [0.15, 0.2) is 11.5 Å². The van der Waals surface area contributed by atoms with Crippen molar-refractivity contribution in [2.45, 2.75) is 0 Å². The van der Waals surface area contributed by atoms with Crippen LogP contribution in [0.3, 0.4) is 0 Å². The summed E-state index contributed by atoms with van der Waals surface area (Å²) in [5, 5.41) is 1.40. The second-order valence-electron chi connectivity index (χ2n) is 5.32. The number of methoxy groups -OCH3 is 3. The number of benzene rings is 2. The third-order valence-electron chi connectivity index (χ3n) is 3.82. The van der Waals surface area contributed by atoms with Crippen molar-refractivity contribution in [1.29, 1.82) is 0 Å². The molecule has 0 saturated heterocycles. The minimum atomic E-state index is -0.359. The van der Waals surface area contributed by atoms with Gasteiger partial charge in [-0.2, -0.15) is 0 Å². The number of hydrogen-bond acceptors (Lipinski definition) is 5. The number of hydrogen-bond donors (Lipinski definition) is 0. The minimum Gasteiger partial charge on any atom is -0.493 e. The molecule has 0 radical (unpaired) electrons. The molecule has 1 heterocycles. The lowest BCUT2D eigenvalue weighted by Gasteiger charge is -2.12. The number of ether oxygens (including phenoxy) is 3. The highest BCUT2D eigenvalue weighted by Gasteiger charge is 2.12. The van der Waals surface area contributed by atoms with Crippen LogP contribution in [0.5, 0.6) is 17.2 Å². The third-order valence-corrected chi connectivity index (χ3v) is 3.82. The summed E-state index contributed by atoms with van der Waals surface area (Å²) in [6.07, 6.45) is 3.55. The maximum atomic E-state index is 12.0. The quantitative estimate of drug-likeness (QED) is 0.704. The molecule has 0 unspecified atom stereocenters. The van der Waals surface area contributed by atoms with Gasteiger partial charge in [-0.1, -0.05) is 24.3 Å². The third kappa shape index (κ3) is 3.35. The second kappa shape index (κ2) is 7.13. The van der Waals surface area contributed by atoms with E-state index in [1.165, 1.54) is 0 Å². The molecule has 5 heteroatoms. The second-order valence-corrected chi connectivity index (χ2v) is 5.32. The lowest BCUT2D eigenvalue weighted by molar-refractivity contribution is 0.324. The molecule has 5 nitrogen and oxygen atoms in total. The molecule has 128 valence electrons. The van der Waals surface area contributed by atoms with Gasteiger partial charge in [0.05, 0.1) is 26.7 Å². The Kier molecular flexibility index (Phi) is 4.75. The van der Waals surface area contributed by atoms with E-state index in [4.69, 9.17) is 18.6 Å². The molecule has 25 heavy (non-hydrogen) atoms. The fourth-order valence-corrected chi connectivity index (χ4v) is 2.61. The number of fused-ring (bicyclic) bond motifs is 1. The maximum absolute atomic E-state index is 12.0. The predicted molar refractivity (Wildman–Crippen MR) is 97.5 cm³/mol. The van der Waals surface area contributed by atoms with Crippen LogP contribution in [0.2, 0.25) is 0 Å². The first kappa shape index (κ1) is 16.6. The topological polar surface area (TPSA) is 57.9 Å². The van der Waals surface area contributed by atoms with E-state index in [1.807, 2.05) is 42.5 Å². The predicted octanol–water partition coefficient (Wildman–Crippen LogP) is 3.99. The summed E-state index contributed by atoms with van der Waals surface area (Å²) in [5.74, 6) is 2.11. The fourth-order valence-electron chi connectivity index (χ4n) is 2.61. The largest absolute Gasteiger partial charge is 0.493 e. The summed E-state index contributed by atoms with van der Waals surface area (Å²) in [4.78, 5) is 12.0. The molecule has 0 aliphatic rings. The van der Waals surface area contributed by atoms with Crippen molar-refractivity contribution in [3.8, 4) is 17.2 Å². The molecule has 0 spiro atoms. The fraction of sp³-hybridized carbons (Fsp3) is 0.150. The van der Waals surface area contributed by atoms with Crippen molar-refractivity contribution in [1.82, 2.24) is 0 Å². The summed E-state index contributed by atoms with van der Waals surface area (Å²) in [6.45, 7) is 0. The Hall–Kier alpha value is -3.21. The zero-order chi connectivity index (χ0) is 17.8. The van der Waals surface area contributed by atoms with Gasteiger partial charge in [0.2, 0.25) is 5.75 Å². The first-order valence-electron chi connectivity index (χ1n) is 7.67. The molecular formula is C20H18O5. The van der Waals surface area contributed by atoms with E-state index in [0.29, 0.717) is 28.4 Å². The van der Waals surface area contributed by atoms with Crippen LogP contribution in [-0.4, -0.2) is 21.3 Å². The van der Waals surface area contributed by atoms with Gasteiger partial charge >= 0.3 is 5.63 Å². The standard InChI is InChI=1S/C20H18O5/c1-22-17-10-13(11-18(23-2)19(17)24-3)8-9-15-12-14-6-4-5-7-16(14)20(21)25-15/h4-12H,1-3H3/b9-8+. The molecule has 0 aliphatic carbocycles. The Morgan fingerprint density at radius 3 is 2.20 bits per heavy atom. The van der Waals surface area contributed by atoms with Gasteiger partial charge < -0.3 is 18.6 Å². The molecule has 2 aromatic carbocycles. The van der Waals surface area contributed by atoms with Gasteiger partial charge in [-0.3, -0.25) is 0 Å². The Morgan fingerprint density at radius 1 is 0.880 bits per heavy atom. The molecule has 1 aromatic heterocycles. The van der Waals surface area contributed by atoms with Crippen LogP contribution in [0, 0.1) is 0 Å². The number of rotatable bonds is 5. The molecule has 0 aliphatic heterocycles. The van der Waals surface area contributed by atoms with Gasteiger partial charge in [-0.05, 0) is 41.3 Å². The minimum absolute atomic E-state index is 0.359. The van der Waals surface area contributed by atoms with Gasteiger partial charge in [0.1, 0.15) is 5.76 Å². The van der Waals surface area contributed by atoms with Crippen molar-refractivity contribution < 1.29 is 18.6 Å². The average molecular weight is 338 g/mol. The summed E-state index contributed by atoms with van der Waals surface area (Å²) in [5.41, 5.74) is 0.466. The summed E-state index contributed by atoms with van der Waals surface area (Å²) in [6, 6.07) is 12.8. The Balaban J connectivity index is 2.01. The Bertz CT molecular complexity index is 960. The van der Waals surface area contributed by atoms with Gasteiger partial charge in [-0.15, -0.1) is 0 Å². The van der Waals surface area contributed by atoms with Crippen LogP contribution in [0.25, 0.3) is 22.9 Å². The molecule has 0 fully saturated rings. The Morgan fingerprint density at radius 2 is 1.56 bits per heavy atom. The van der Waals surface area contributed by atoms with E-state index in [-0.39, 0.29) is 5.63 Å². The summed E-state index contributed by atoms with van der Waals surface area (Å²) in [7, 11) is 4.68. The summed E-state index contributed by atoms with van der Waals surface area (Å²) >= 11 is 0. The van der Waals surface area contributed by atoms with E-state index in [2.05, 4.69) is 0 Å². The Labute approximate surface area is 145 Å². The van der Waals surface area contributed by atoms with Crippen molar-refractivity contribution in [3.63, 3.8) is 0 Å². The van der Waals surface area contributed by atoms with E-state index in [9.17, 15) is 4.79 Å². The highest BCUT2D eigenvalue weighted by atomic mass is 16.5. The highest BCUT2D eigenvalue weighted by molar-refractivity contribution is 5.83. The van der Waals surface area contributed by atoms with Gasteiger partial charge in [0.25, 0.3) is 0 Å². The monoisotopic (exact) mass is 338 g/mol. The molecular weight excluding hydrogens is 320 g/mol. The van der Waals surface area contributed by atoms with Gasteiger partial charge in [-0.25, -0.2) is 4.79 Å². The van der Waals surface area contributed by atoms with Crippen molar-refractivity contribution in [2.75, 3.05) is 21.3 Å². The molecule has 0 saturated carbocycles. The molecule has 0 atom stereocenters. The van der Waals surface area contributed by atoms with Crippen LogP contribution in [0.15, 0.2) is 51.7 Å². The SMILES string of the molecule is COc1cc(/C=C/c2cc3ccccc3c(=O)o2)cc(OC)c1OC. The smallest absolute Gasteiger partial charge is 0.344 e. The van der Waals surface area contributed by atoms with Crippen molar-refractivity contribution >= 4 is 22.9 Å². The highest BCUT2D eigenvalue weighted by Crippen LogP contribution is 2.38. The first-order chi connectivity index (χ1) is 12.2. The van der Waals surface area contributed by atoms with E-state index < -0.39 is 0 Å². The molecule has 0 amide bonds. The maximum Gasteiger partial charge on any atom is 0.344 e.